The molecule has 2 heterocycles. The second kappa shape index (κ2) is 7.66. The van der Waals surface area contributed by atoms with Crippen molar-refractivity contribution in [1.29, 1.82) is 0 Å². The number of hydrogen-bond acceptors (Lipinski definition) is 5. The normalized spacial score (nSPS) is 12.7. The number of carbonyl (C=O) groups is 1. The summed E-state index contributed by atoms with van der Waals surface area (Å²) in [7, 11) is 0. The Kier molecular flexibility index (Phi) is 5.09. The Hall–Kier alpha value is -2.45. The van der Waals surface area contributed by atoms with Crippen LogP contribution in [-0.2, 0) is 11.2 Å². The van der Waals surface area contributed by atoms with Gasteiger partial charge in [0.2, 0.25) is 5.91 Å². The van der Waals surface area contributed by atoms with Crippen LogP contribution in [0, 0.1) is 5.82 Å². The van der Waals surface area contributed by atoms with Crippen LogP contribution in [0.15, 0.2) is 46.3 Å². The predicted molar refractivity (Wildman–Crippen MR) is 105 cm³/mol. The zero-order valence-corrected chi connectivity index (χ0v) is 16.4. The highest BCUT2D eigenvalue weighted by molar-refractivity contribution is 9.10. The molecule has 0 aliphatic carbocycles. The third-order valence-corrected chi connectivity index (χ3v) is 5.47. The number of amides is 1. The van der Waals surface area contributed by atoms with Gasteiger partial charge in [-0.2, -0.15) is 0 Å². The molecule has 8 heteroatoms. The Bertz CT molecular complexity index is 1010. The van der Waals surface area contributed by atoms with Gasteiger partial charge < -0.3 is 14.8 Å². The molecule has 4 rings (SSSR count). The topological polar surface area (TPSA) is 60.5 Å². The molecule has 1 N–H and O–H groups in total. The summed E-state index contributed by atoms with van der Waals surface area (Å²) in [6, 6.07) is 9.74. The van der Waals surface area contributed by atoms with E-state index in [-0.39, 0.29) is 18.1 Å². The number of nitrogens with zero attached hydrogens (tertiary/aromatic N) is 1. The van der Waals surface area contributed by atoms with E-state index < -0.39 is 0 Å². The third-order valence-electron chi connectivity index (χ3n) is 3.87. The number of rotatable bonds is 4. The highest BCUT2D eigenvalue weighted by Gasteiger charge is 2.17. The largest absolute Gasteiger partial charge is 0.486 e. The van der Waals surface area contributed by atoms with Gasteiger partial charge in [-0.15, -0.1) is 11.3 Å². The van der Waals surface area contributed by atoms with Crippen LogP contribution in [0.25, 0.3) is 10.6 Å². The first-order valence-electron chi connectivity index (χ1n) is 8.18. The van der Waals surface area contributed by atoms with Crippen molar-refractivity contribution in [3.8, 4) is 22.1 Å². The lowest BCUT2D eigenvalue weighted by atomic mass is 10.2. The molecule has 0 saturated heterocycles. The van der Waals surface area contributed by atoms with Gasteiger partial charge in [0.1, 0.15) is 24.0 Å². The van der Waals surface area contributed by atoms with Gasteiger partial charge >= 0.3 is 0 Å². The fourth-order valence-electron chi connectivity index (χ4n) is 2.66. The van der Waals surface area contributed by atoms with Crippen LogP contribution in [-0.4, -0.2) is 24.1 Å². The van der Waals surface area contributed by atoms with Gasteiger partial charge in [0.25, 0.3) is 0 Å². The van der Waals surface area contributed by atoms with E-state index in [1.807, 2.05) is 0 Å². The summed E-state index contributed by atoms with van der Waals surface area (Å²) in [5.41, 5.74) is 1.93. The first-order valence-corrected chi connectivity index (χ1v) is 9.85. The number of fused-ring (bicyclic) bond motifs is 1. The van der Waals surface area contributed by atoms with Crippen molar-refractivity contribution in [1.82, 2.24) is 4.98 Å². The van der Waals surface area contributed by atoms with Gasteiger partial charge in [0, 0.05) is 27.5 Å². The highest BCUT2D eigenvalue weighted by Crippen LogP contribution is 2.38. The molecule has 5 nitrogen and oxygen atoms in total. The number of nitrogens with one attached hydrogen (secondary N) is 1. The predicted octanol–water partition coefficient (Wildman–Crippen LogP) is 4.66. The fraction of sp³-hybridized carbons (Fsp3) is 0.158. The van der Waals surface area contributed by atoms with E-state index in [9.17, 15) is 9.18 Å². The smallest absolute Gasteiger partial charge is 0.230 e. The summed E-state index contributed by atoms with van der Waals surface area (Å²) < 4.78 is 25.1. The van der Waals surface area contributed by atoms with Gasteiger partial charge in [-0.1, -0.05) is 12.1 Å². The minimum Gasteiger partial charge on any atom is -0.486 e. The van der Waals surface area contributed by atoms with E-state index in [1.54, 1.807) is 29.6 Å². The van der Waals surface area contributed by atoms with Gasteiger partial charge in [0.15, 0.2) is 11.5 Å². The number of carbonyl (C=O) groups excluding carboxylic acids is 1. The minimum atomic E-state index is -0.314. The summed E-state index contributed by atoms with van der Waals surface area (Å²) in [5, 5.41) is 5.33. The molecule has 1 aromatic heterocycles. The van der Waals surface area contributed by atoms with E-state index >= 15 is 0 Å². The SMILES string of the molecule is O=C(Cc1csc(-c2cccc(F)c2)n1)Nc1cc2c(cc1Br)OCCO2. The van der Waals surface area contributed by atoms with Gasteiger partial charge in [-0.05, 0) is 28.1 Å². The molecule has 0 bridgehead atoms. The van der Waals surface area contributed by atoms with Crippen LogP contribution in [0.2, 0.25) is 0 Å². The van der Waals surface area contributed by atoms with Gasteiger partial charge in [0.05, 0.1) is 17.8 Å². The molecule has 138 valence electrons. The van der Waals surface area contributed by atoms with Crippen LogP contribution in [0.5, 0.6) is 11.5 Å². The third kappa shape index (κ3) is 4.12. The molecule has 0 fully saturated rings. The Morgan fingerprint density at radius 2 is 2.00 bits per heavy atom. The number of aromatic nitrogens is 1. The zero-order valence-electron chi connectivity index (χ0n) is 14.0. The maximum atomic E-state index is 13.4. The number of thiazole rings is 1. The summed E-state index contributed by atoms with van der Waals surface area (Å²) in [4.78, 5) is 16.8. The Labute approximate surface area is 167 Å². The number of halogens is 2. The molecule has 0 unspecified atom stereocenters. The second-order valence-corrected chi connectivity index (χ2v) is 7.57. The van der Waals surface area contributed by atoms with Gasteiger partial charge in [-0.3, -0.25) is 4.79 Å². The molecule has 1 amide bonds. The molecule has 2 aromatic carbocycles. The van der Waals surface area contributed by atoms with Crippen LogP contribution in [0.3, 0.4) is 0 Å². The average Bonchev–Trinajstić information content (AvgIpc) is 3.11. The van der Waals surface area contributed by atoms with Crippen molar-refractivity contribution in [3.05, 3.63) is 57.8 Å². The second-order valence-electron chi connectivity index (χ2n) is 5.86. The van der Waals surface area contributed by atoms with Gasteiger partial charge in [-0.25, -0.2) is 9.37 Å². The van der Waals surface area contributed by atoms with E-state index in [0.717, 1.165) is 0 Å². The number of ether oxygens (including phenoxy) is 2. The molecular formula is C19H14BrFN2O3S. The number of benzene rings is 2. The van der Waals surface area contributed by atoms with Crippen molar-refractivity contribution in [2.45, 2.75) is 6.42 Å². The van der Waals surface area contributed by atoms with Crippen molar-refractivity contribution >= 4 is 38.9 Å². The standard InChI is InChI=1S/C19H14BrFN2O3S/c20-14-8-16-17(26-5-4-25-16)9-15(14)23-18(24)7-13-10-27-19(22-13)11-2-1-3-12(21)6-11/h1-3,6,8-10H,4-5,7H2,(H,23,24). The Morgan fingerprint density at radius 3 is 2.78 bits per heavy atom. The maximum absolute atomic E-state index is 13.4. The van der Waals surface area contributed by atoms with E-state index in [4.69, 9.17) is 9.47 Å². The lowest BCUT2D eigenvalue weighted by molar-refractivity contribution is -0.115. The summed E-state index contributed by atoms with van der Waals surface area (Å²) in [6.07, 6.45) is 0.118. The molecular weight excluding hydrogens is 435 g/mol. The van der Waals surface area contributed by atoms with Crippen molar-refractivity contribution in [2.75, 3.05) is 18.5 Å². The lowest BCUT2D eigenvalue weighted by Crippen LogP contribution is -2.17. The van der Waals surface area contributed by atoms with Crippen molar-refractivity contribution in [3.63, 3.8) is 0 Å². The molecule has 0 radical (unpaired) electrons. The molecule has 0 spiro atoms. The average molecular weight is 449 g/mol. The van der Waals surface area contributed by atoms with E-state index in [2.05, 4.69) is 26.2 Å². The number of hydrogen-bond donors (Lipinski definition) is 1. The van der Waals surface area contributed by atoms with Crippen LogP contribution < -0.4 is 14.8 Å². The first kappa shape index (κ1) is 17.9. The lowest BCUT2D eigenvalue weighted by Gasteiger charge is -2.20. The first-order chi connectivity index (χ1) is 13.1. The molecule has 1 aliphatic heterocycles. The van der Waals surface area contributed by atoms with Crippen LogP contribution >= 0.6 is 27.3 Å². The maximum Gasteiger partial charge on any atom is 0.230 e. The van der Waals surface area contributed by atoms with Crippen LogP contribution in [0.1, 0.15) is 5.69 Å². The number of anilines is 1. The van der Waals surface area contributed by atoms with E-state index in [0.29, 0.717) is 51.1 Å². The molecule has 3 aromatic rings. The molecule has 0 saturated carbocycles. The quantitative estimate of drug-likeness (QED) is 0.630. The molecule has 27 heavy (non-hydrogen) atoms. The van der Waals surface area contributed by atoms with Crippen LogP contribution in [0.4, 0.5) is 10.1 Å². The zero-order chi connectivity index (χ0) is 18.8. The summed E-state index contributed by atoms with van der Waals surface area (Å²) in [5.74, 6) is 0.723. The molecule has 1 aliphatic rings. The Balaban J connectivity index is 1.46. The van der Waals surface area contributed by atoms with Crippen molar-refractivity contribution in [2.24, 2.45) is 0 Å². The minimum absolute atomic E-state index is 0.118. The summed E-state index contributed by atoms with van der Waals surface area (Å²) in [6.45, 7) is 0.978. The highest BCUT2D eigenvalue weighted by atomic mass is 79.9. The monoisotopic (exact) mass is 448 g/mol. The van der Waals surface area contributed by atoms with Crippen molar-refractivity contribution < 1.29 is 18.7 Å². The fourth-order valence-corrected chi connectivity index (χ4v) is 3.90. The summed E-state index contributed by atoms with van der Waals surface area (Å²) >= 11 is 4.81. The Morgan fingerprint density at radius 1 is 1.22 bits per heavy atom. The molecule has 0 atom stereocenters. The van der Waals surface area contributed by atoms with E-state index in [1.165, 1.54) is 23.5 Å².